The van der Waals surface area contributed by atoms with Gasteiger partial charge in [0.15, 0.2) is 0 Å². The zero-order valence-electron chi connectivity index (χ0n) is 16.4. The van der Waals surface area contributed by atoms with Crippen molar-refractivity contribution in [3.05, 3.63) is 12.2 Å². The number of carbonyl (C=O) groups is 1. The van der Waals surface area contributed by atoms with E-state index in [-0.39, 0.29) is 5.91 Å². The van der Waals surface area contributed by atoms with Gasteiger partial charge in [-0.1, -0.05) is 76.9 Å². The number of carbonyl (C=O) groups excluding carboxylic acids is 1. The van der Waals surface area contributed by atoms with E-state index in [0.717, 1.165) is 6.54 Å². The quantitative estimate of drug-likeness (QED) is 0.267. The number of likely N-dealkylation sites (N-methyl/N-ethyl adjacent to an activating group) is 1. The summed E-state index contributed by atoms with van der Waals surface area (Å²) in [5, 5.41) is 0. The topological polar surface area (TPSA) is 46.3 Å². The number of unbranched alkanes of at least 4 members (excludes halogenated alkanes) is 12. The molecule has 0 radical (unpaired) electrons. The van der Waals surface area contributed by atoms with Crippen LogP contribution in [-0.2, 0) is 4.79 Å². The number of allylic oxidation sites excluding steroid dienone is 2. The average molecular weight is 339 g/mol. The molecule has 0 aliphatic carbocycles. The number of nitrogens with zero attached hydrogens (tertiary/aromatic N) is 1. The summed E-state index contributed by atoms with van der Waals surface area (Å²) in [7, 11) is 1.96. The summed E-state index contributed by atoms with van der Waals surface area (Å²) in [5.74, 6) is -0.234. The second kappa shape index (κ2) is 18.5. The van der Waals surface area contributed by atoms with Gasteiger partial charge in [-0.25, -0.2) is 0 Å². The summed E-state index contributed by atoms with van der Waals surface area (Å²) in [4.78, 5) is 12.8. The predicted molar refractivity (Wildman–Crippen MR) is 106 cm³/mol. The molecule has 0 aromatic heterocycles. The lowest BCUT2D eigenvalue weighted by Gasteiger charge is -2.13. The van der Waals surface area contributed by atoms with E-state index in [4.69, 9.17) is 5.73 Å². The monoisotopic (exact) mass is 338 g/mol. The van der Waals surface area contributed by atoms with E-state index in [1.807, 2.05) is 11.9 Å². The third-order valence-electron chi connectivity index (χ3n) is 4.48. The molecule has 3 nitrogen and oxygen atoms in total. The van der Waals surface area contributed by atoms with Gasteiger partial charge in [0.1, 0.15) is 0 Å². The largest absolute Gasteiger partial charge is 0.369 e. The molecule has 0 atom stereocenters. The zero-order valence-corrected chi connectivity index (χ0v) is 16.4. The predicted octanol–water partition coefficient (Wildman–Crippen LogP) is 5.44. The first-order chi connectivity index (χ1) is 11.7. The van der Waals surface area contributed by atoms with Crippen LogP contribution in [0.4, 0.5) is 0 Å². The Morgan fingerprint density at radius 1 is 0.792 bits per heavy atom. The highest BCUT2D eigenvalue weighted by atomic mass is 16.1. The molecule has 0 heterocycles. The first kappa shape index (κ1) is 23.2. The molecule has 0 aromatic rings. The van der Waals surface area contributed by atoms with Gasteiger partial charge in [-0.15, -0.1) is 0 Å². The molecule has 0 spiro atoms. The SMILES string of the molecule is CCCCCCCC/C=C\CCCCCCCCN(C)CC(N)=O. The van der Waals surface area contributed by atoms with Gasteiger partial charge in [0, 0.05) is 0 Å². The van der Waals surface area contributed by atoms with E-state index in [1.165, 1.54) is 89.9 Å². The van der Waals surface area contributed by atoms with Crippen molar-refractivity contribution in [3.63, 3.8) is 0 Å². The average Bonchev–Trinajstić information content (AvgIpc) is 2.53. The van der Waals surface area contributed by atoms with Gasteiger partial charge in [0.25, 0.3) is 0 Å². The molecular weight excluding hydrogens is 296 g/mol. The Hall–Kier alpha value is -0.830. The lowest BCUT2D eigenvalue weighted by molar-refractivity contribution is -0.118. The van der Waals surface area contributed by atoms with Gasteiger partial charge in [0.05, 0.1) is 6.54 Å². The van der Waals surface area contributed by atoms with Crippen LogP contribution < -0.4 is 5.73 Å². The molecule has 142 valence electrons. The molecule has 0 bridgehead atoms. The standard InChI is InChI=1S/C21H42N2O/c1-3-4-5-6-7-8-9-10-11-12-13-14-15-16-17-18-19-23(2)20-21(22)24/h10-11H,3-9,12-20H2,1-2H3,(H2,22,24)/b11-10-. The van der Waals surface area contributed by atoms with Crippen LogP contribution in [0.15, 0.2) is 12.2 Å². The molecule has 2 N–H and O–H groups in total. The third kappa shape index (κ3) is 19.2. The number of rotatable bonds is 18. The summed E-state index contributed by atoms with van der Waals surface area (Å²) in [6.45, 7) is 3.63. The Kier molecular flexibility index (Phi) is 17.9. The highest BCUT2D eigenvalue weighted by Crippen LogP contribution is 2.10. The maximum absolute atomic E-state index is 10.8. The molecule has 24 heavy (non-hydrogen) atoms. The summed E-state index contributed by atoms with van der Waals surface area (Å²) in [5.41, 5.74) is 5.17. The van der Waals surface area contributed by atoms with Crippen molar-refractivity contribution in [1.29, 1.82) is 0 Å². The highest BCUT2D eigenvalue weighted by molar-refractivity contribution is 5.75. The minimum absolute atomic E-state index is 0.234. The second-order valence-corrected chi connectivity index (χ2v) is 7.14. The van der Waals surface area contributed by atoms with Crippen LogP contribution in [-0.4, -0.2) is 30.9 Å². The van der Waals surface area contributed by atoms with Crippen molar-refractivity contribution in [2.45, 2.75) is 96.8 Å². The van der Waals surface area contributed by atoms with Crippen molar-refractivity contribution in [1.82, 2.24) is 4.90 Å². The Bertz CT molecular complexity index is 302. The van der Waals surface area contributed by atoms with Gasteiger partial charge < -0.3 is 5.73 Å². The summed E-state index contributed by atoms with van der Waals surface area (Å²) < 4.78 is 0. The maximum atomic E-state index is 10.8. The van der Waals surface area contributed by atoms with E-state index in [0.29, 0.717) is 6.54 Å². The zero-order chi connectivity index (χ0) is 17.9. The van der Waals surface area contributed by atoms with Crippen LogP contribution >= 0.6 is 0 Å². The van der Waals surface area contributed by atoms with Crippen LogP contribution in [0.2, 0.25) is 0 Å². The molecule has 0 saturated carbocycles. The Balaban J connectivity index is 3.16. The van der Waals surface area contributed by atoms with Gasteiger partial charge in [-0.3, -0.25) is 9.69 Å². The lowest BCUT2D eigenvalue weighted by Crippen LogP contribution is -2.31. The number of hydrogen-bond acceptors (Lipinski definition) is 2. The number of amides is 1. The first-order valence-corrected chi connectivity index (χ1v) is 10.3. The summed E-state index contributed by atoms with van der Waals surface area (Å²) in [6, 6.07) is 0. The van der Waals surface area contributed by atoms with Crippen molar-refractivity contribution < 1.29 is 4.79 Å². The highest BCUT2D eigenvalue weighted by Gasteiger charge is 2.01. The van der Waals surface area contributed by atoms with Crippen LogP contribution in [0.3, 0.4) is 0 Å². The molecule has 0 aromatic carbocycles. The van der Waals surface area contributed by atoms with Gasteiger partial charge in [-0.05, 0) is 45.7 Å². The molecular formula is C21H42N2O. The summed E-state index contributed by atoms with van der Waals surface area (Å²) >= 11 is 0. The van der Waals surface area contributed by atoms with E-state index in [1.54, 1.807) is 0 Å². The fourth-order valence-corrected chi connectivity index (χ4v) is 2.97. The van der Waals surface area contributed by atoms with Gasteiger partial charge in [0.2, 0.25) is 5.91 Å². The lowest BCUT2D eigenvalue weighted by atomic mass is 10.1. The van der Waals surface area contributed by atoms with E-state index < -0.39 is 0 Å². The third-order valence-corrected chi connectivity index (χ3v) is 4.48. The van der Waals surface area contributed by atoms with Crippen molar-refractivity contribution in [2.24, 2.45) is 5.73 Å². The smallest absolute Gasteiger partial charge is 0.231 e. The van der Waals surface area contributed by atoms with Crippen LogP contribution in [0, 0.1) is 0 Å². The van der Waals surface area contributed by atoms with Crippen LogP contribution in [0.1, 0.15) is 96.8 Å². The maximum Gasteiger partial charge on any atom is 0.231 e. The number of hydrogen-bond donors (Lipinski definition) is 1. The number of nitrogens with two attached hydrogens (primary N) is 1. The second-order valence-electron chi connectivity index (χ2n) is 7.14. The van der Waals surface area contributed by atoms with Crippen LogP contribution in [0.25, 0.3) is 0 Å². The molecule has 0 aliphatic heterocycles. The molecule has 0 aliphatic rings. The van der Waals surface area contributed by atoms with Gasteiger partial charge >= 0.3 is 0 Å². The minimum atomic E-state index is -0.234. The van der Waals surface area contributed by atoms with Gasteiger partial charge in [-0.2, -0.15) is 0 Å². The Morgan fingerprint density at radius 3 is 1.75 bits per heavy atom. The minimum Gasteiger partial charge on any atom is -0.369 e. The van der Waals surface area contributed by atoms with E-state index in [9.17, 15) is 4.79 Å². The molecule has 3 heteroatoms. The Labute approximate surface area is 151 Å². The fraction of sp³-hybridized carbons (Fsp3) is 0.857. The first-order valence-electron chi connectivity index (χ1n) is 10.3. The Morgan fingerprint density at radius 2 is 1.25 bits per heavy atom. The molecule has 0 fully saturated rings. The van der Waals surface area contributed by atoms with E-state index >= 15 is 0 Å². The number of primary amides is 1. The van der Waals surface area contributed by atoms with Crippen molar-refractivity contribution in [2.75, 3.05) is 20.1 Å². The fourth-order valence-electron chi connectivity index (χ4n) is 2.97. The molecule has 0 rings (SSSR count). The normalized spacial score (nSPS) is 11.6. The van der Waals surface area contributed by atoms with E-state index in [2.05, 4.69) is 19.1 Å². The molecule has 1 amide bonds. The summed E-state index contributed by atoms with van der Waals surface area (Å²) in [6.07, 6.45) is 23.4. The molecule has 0 unspecified atom stereocenters. The molecule has 0 saturated heterocycles. The van der Waals surface area contributed by atoms with Crippen LogP contribution in [0.5, 0.6) is 0 Å². The van der Waals surface area contributed by atoms with Crippen molar-refractivity contribution >= 4 is 5.91 Å². The van der Waals surface area contributed by atoms with Crippen molar-refractivity contribution in [3.8, 4) is 0 Å².